The molecule has 0 spiro atoms. The monoisotopic (exact) mass is 244 g/mol. The number of benzene rings is 1. The summed E-state index contributed by atoms with van der Waals surface area (Å²) >= 11 is 0. The van der Waals surface area contributed by atoms with E-state index in [0.29, 0.717) is 19.8 Å². The van der Waals surface area contributed by atoms with Gasteiger partial charge in [0.1, 0.15) is 24.7 Å². The first-order valence-electron chi connectivity index (χ1n) is 5.84. The second-order valence-corrected chi connectivity index (χ2v) is 3.70. The van der Waals surface area contributed by atoms with Gasteiger partial charge in [-0.05, 0) is 18.2 Å². The molecule has 0 fully saturated rings. The van der Waals surface area contributed by atoms with Crippen LogP contribution in [0.4, 0.5) is 0 Å². The molecular weight excluding hydrogens is 228 g/mol. The fraction of sp³-hybridized carbons (Fsp3) is 0.214. The Labute approximate surface area is 106 Å². The number of rotatable bonds is 6. The summed E-state index contributed by atoms with van der Waals surface area (Å²) in [7, 11) is 0. The van der Waals surface area contributed by atoms with Gasteiger partial charge in [-0.25, -0.2) is 0 Å². The van der Waals surface area contributed by atoms with Gasteiger partial charge in [0.2, 0.25) is 0 Å². The molecule has 0 amide bonds. The fourth-order valence-electron chi connectivity index (χ4n) is 1.54. The fourth-order valence-corrected chi connectivity index (χ4v) is 1.54. The maximum atomic E-state index is 5.60. The Bertz CT molecular complexity index is 474. The van der Waals surface area contributed by atoms with Crippen molar-refractivity contribution in [2.75, 3.05) is 13.2 Å². The van der Waals surface area contributed by atoms with Gasteiger partial charge in [-0.3, -0.25) is 4.98 Å². The Morgan fingerprint density at radius 1 is 1.00 bits per heavy atom. The van der Waals surface area contributed by atoms with Crippen molar-refractivity contribution < 1.29 is 9.47 Å². The number of pyridine rings is 1. The van der Waals surface area contributed by atoms with Crippen LogP contribution in [-0.2, 0) is 6.54 Å². The molecule has 0 atom stereocenters. The maximum Gasteiger partial charge on any atom is 0.127 e. The van der Waals surface area contributed by atoms with Gasteiger partial charge >= 0.3 is 0 Å². The Morgan fingerprint density at radius 2 is 1.78 bits per heavy atom. The molecule has 2 N–H and O–H groups in total. The van der Waals surface area contributed by atoms with Crippen molar-refractivity contribution in [3.05, 3.63) is 54.4 Å². The van der Waals surface area contributed by atoms with E-state index in [1.807, 2.05) is 36.4 Å². The SMILES string of the molecule is NCc1cnccc1OCCOc1ccccc1. The predicted octanol–water partition coefficient (Wildman–Crippen LogP) is 2.00. The predicted molar refractivity (Wildman–Crippen MR) is 69.6 cm³/mol. The Balaban J connectivity index is 1.78. The van der Waals surface area contributed by atoms with Crippen LogP contribution < -0.4 is 15.2 Å². The van der Waals surface area contributed by atoms with Gasteiger partial charge in [-0.1, -0.05) is 18.2 Å². The topological polar surface area (TPSA) is 57.4 Å². The summed E-state index contributed by atoms with van der Waals surface area (Å²) in [5.41, 5.74) is 6.49. The minimum atomic E-state index is 0.419. The molecule has 4 nitrogen and oxygen atoms in total. The summed E-state index contributed by atoms with van der Waals surface area (Å²) in [6.07, 6.45) is 3.40. The molecule has 0 aliphatic rings. The third-order valence-corrected chi connectivity index (χ3v) is 2.43. The summed E-state index contributed by atoms with van der Waals surface area (Å²) < 4.78 is 11.1. The summed E-state index contributed by atoms with van der Waals surface area (Å²) in [5.74, 6) is 1.61. The van der Waals surface area contributed by atoms with Gasteiger partial charge in [0.15, 0.2) is 0 Å². The van der Waals surface area contributed by atoms with Gasteiger partial charge in [0, 0.05) is 24.5 Å². The lowest BCUT2D eigenvalue weighted by atomic mass is 10.2. The van der Waals surface area contributed by atoms with E-state index in [4.69, 9.17) is 15.2 Å². The zero-order valence-electron chi connectivity index (χ0n) is 10.1. The van der Waals surface area contributed by atoms with Crippen LogP contribution in [0, 0.1) is 0 Å². The van der Waals surface area contributed by atoms with Crippen molar-refractivity contribution in [3.8, 4) is 11.5 Å². The molecule has 0 bridgehead atoms. The first-order valence-corrected chi connectivity index (χ1v) is 5.84. The van der Waals surface area contributed by atoms with Crippen LogP contribution in [0.2, 0.25) is 0 Å². The van der Waals surface area contributed by atoms with E-state index in [-0.39, 0.29) is 0 Å². The summed E-state index contributed by atoms with van der Waals surface area (Å²) in [4.78, 5) is 4.00. The number of ether oxygens (including phenoxy) is 2. The van der Waals surface area contributed by atoms with Crippen molar-refractivity contribution in [1.82, 2.24) is 4.98 Å². The van der Waals surface area contributed by atoms with E-state index in [1.165, 1.54) is 0 Å². The first kappa shape index (κ1) is 12.4. The molecule has 2 aromatic rings. The molecule has 0 radical (unpaired) electrons. The van der Waals surface area contributed by atoms with E-state index in [1.54, 1.807) is 12.4 Å². The molecule has 0 saturated heterocycles. The van der Waals surface area contributed by atoms with Crippen LogP contribution in [0.1, 0.15) is 5.56 Å². The average molecular weight is 244 g/mol. The highest BCUT2D eigenvalue weighted by atomic mass is 16.5. The molecule has 0 saturated carbocycles. The molecule has 0 aliphatic heterocycles. The molecule has 0 aliphatic carbocycles. The molecule has 2 rings (SSSR count). The van der Waals surface area contributed by atoms with Crippen molar-refractivity contribution >= 4 is 0 Å². The first-order chi connectivity index (χ1) is 8.90. The second kappa shape index (κ2) is 6.61. The lowest BCUT2D eigenvalue weighted by molar-refractivity contribution is 0.216. The van der Waals surface area contributed by atoms with E-state index in [2.05, 4.69) is 4.98 Å². The van der Waals surface area contributed by atoms with E-state index in [9.17, 15) is 0 Å². The molecule has 1 aromatic carbocycles. The summed E-state index contributed by atoms with van der Waals surface area (Å²) in [5, 5.41) is 0. The van der Waals surface area contributed by atoms with Crippen molar-refractivity contribution in [2.24, 2.45) is 5.73 Å². The molecule has 0 unspecified atom stereocenters. The van der Waals surface area contributed by atoms with Crippen LogP contribution in [0.25, 0.3) is 0 Å². The number of hydrogen-bond donors (Lipinski definition) is 1. The normalized spacial score (nSPS) is 10.1. The second-order valence-electron chi connectivity index (χ2n) is 3.70. The van der Waals surface area contributed by atoms with Gasteiger partial charge in [0.05, 0.1) is 0 Å². The van der Waals surface area contributed by atoms with Gasteiger partial charge in [0.25, 0.3) is 0 Å². The van der Waals surface area contributed by atoms with E-state index >= 15 is 0 Å². The summed E-state index contributed by atoms with van der Waals surface area (Å²) in [6, 6.07) is 11.5. The average Bonchev–Trinajstić information content (AvgIpc) is 2.45. The number of aromatic nitrogens is 1. The minimum absolute atomic E-state index is 0.419. The van der Waals surface area contributed by atoms with Crippen LogP contribution in [0.15, 0.2) is 48.8 Å². The van der Waals surface area contributed by atoms with Crippen LogP contribution >= 0.6 is 0 Å². The molecule has 4 heteroatoms. The quantitative estimate of drug-likeness (QED) is 0.790. The highest BCUT2D eigenvalue weighted by Crippen LogP contribution is 2.15. The van der Waals surface area contributed by atoms with Crippen LogP contribution in [0.5, 0.6) is 11.5 Å². The Hall–Kier alpha value is -2.07. The van der Waals surface area contributed by atoms with Crippen LogP contribution in [-0.4, -0.2) is 18.2 Å². The Kier molecular flexibility index (Phi) is 4.55. The largest absolute Gasteiger partial charge is 0.490 e. The summed E-state index contributed by atoms with van der Waals surface area (Å²) in [6.45, 7) is 1.39. The number of nitrogens with two attached hydrogens (primary N) is 1. The van der Waals surface area contributed by atoms with Gasteiger partial charge in [-0.2, -0.15) is 0 Å². The third-order valence-electron chi connectivity index (χ3n) is 2.43. The van der Waals surface area contributed by atoms with Gasteiger partial charge in [-0.15, -0.1) is 0 Å². The van der Waals surface area contributed by atoms with E-state index in [0.717, 1.165) is 17.1 Å². The van der Waals surface area contributed by atoms with E-state index < -0.39 is 0 Å². The Morgan fingerprint density at radius 3 is 2.56 bits per heavy atom. The lowest BCUT2D eigenvalue weighted by Gasteiger charge is -2.10. The minimum Gasteiger partial charge on any atom is -0.490 e. The van der Waals surface area contributed by atoms with Crippen molar-refractivity contribution in [1.29, 1.82) is 0 Å². The van der Waals surface area contributed by atoms with Gasteiger partial charge < -0.3 is 15.2 Å². The maximum absolute atomic E-state index is 5.60. The third kappa shape index (κ3) is 3.46. The van der Waals surface area contributed by atoms with Crippen molar-refractivity contribution in [3.63, 3.8) is 0 Å². The molecule has 94 valence electrons. The zero-order chi connectivity index (χ0) is 12.6. The molecular formula is C14H16N2O2. The number of hydrogen-bond acceptors (Lipinski definition) is 4. The lowest BCUT2D eigenvalue weighted by Crippen LogP contribution is -2.11. The van der Waals surface area contributed by atoms with Crippen molar-refractivity contribution in [2.45, 2.75) is 6.54 Å². The highest BCUT2D eigenvalue weighted by Gasteiger charge is 2.01. The smallest absolute Gasteiger partial charge is 0.127 e. The highest BCUT2D eigenvalue weighted by molar-refractivity contribution is 5.29. The molecule has 18 heavy (non-hydrogen) atoms. The standard InChI is InChI=1S/C14H16N2O2/c15-10-12-11-16-7-6-14(12)18-9-8-17-13-4-2-1-3-5-13/h1-7,11H,8-10,15H2. The molecule has 1 heterocycles. The number of nitrogens with zero attached hydrogens (tertiary/aromatic N) is 1. The number of para-hydroxylation sites is 1. The van der Waals surface area contributed by atoms with Crippen LogP contribution in [0.3, 0.4) is 0 Å². The zero-order valence-corrected chi connectivity index (χ0v) is 10.1. The molecule has 1 aromatic heterocycles.